The lowest BCUT2D eigenvalue weighted by atomic mass is 10.1. The molecule has 0 spiro atoms. The Morgan fingerprint density at radius 3 is 2.50 bits per heavy atom. The molecular weight excluding hydrogens is 246 g/mol. The summed E-state index contributed by atoms with van der Waals surface area (Å²) in [7, 11) is 0. The van der Waals surface area contributed by atoms with Crippen LogP contribution >= 0.6 is 0 Å². The Balaban J connectivity index is 3.07. The normalized spacial score (nSPS) is 9.83. The summed E-state index contributed by atoms with van der Waals surface area (Å²) in [5.41, 5.74) is -1.04. The predicted octanol–water partition coefficient (Wildman–Crippen LogP) is 0.752. The Labute approximate surface area is 101 Å². The van der Waals surface area contributed by atoms with Crippen molar-refractivity contribution in [3.8, 4) is 11.5 Å². The molecule has 0 unspecified atom stereocenters. The fourth-order valence-corrected chi connectivity index (χ4v) is 1.15. The number of carbonyl (C=O) groups excluding carboxylic acids is 2. The van der Waals surface area contributed by atoms with E-state index >= 15 is 0 Å². The molecule has 0 fully saturated rings. The van der Waals surface area contributed by atoms with Crippen molar-refractivity contribution in [1.82, 2.24) is 0 Å². The first-order valence-electron chi connectivity index (χ1n) is 4.70. The number of nitro groups is 1. The summed E-state index contributed by atoms with van der Waals surface area (Å²) in [6.07, 6.45) is 0. The number of aromatic hydroxyl groups is 2. The maximum absolute atomic E-state index is 11.5. The maximum Gasteiger partial charge on any atom is 0.315 e. The van der Waals surface area contributed by atoms with Gasteiger partial charge in [-0.3, -0.25) is 19.7 Å². The number of phenols is 2. The molecule has 0 aliphatic carbocycles. The molecular formula is C10H9NO7. The molecule has 0 amide bonds. The summed E-state index contributed by atoms with van der Waals surface area (Å²) in [4.78, 5) is 31.6. The average molecular weight is 255 g/mol. The maximum atomic E-state index is 11.5. The van der Waals surface area contributed by atoms with E-state index in [2.05, 4.69) is 4.74 Å². The fraction of sp³-hybridized carbons (Fsp3) is 0.200. The molecule has 0 atom stereocenters. The van der Waals surface area contributed by atoms with Crippen LogP contribution in [-0.4, -0.2) is 33.5 Å². The van der Waals surface area contributed by atoms with Crippen LogP contribution in [0, 0.1) is 10.1 Å². The first-order valence-corrected chi connectivity index (χ1v) is 4.70. The lowest BCUT2D eigenvalue weighted by molar-refractivity contribution is -0.386. The SMILES string of the molecule is CC(=O)OCC(=O)c1cc(O)c(O)c([N+](=O)[O-])c1. The minimum atomic E-state index is -0.947. The first-order chi connectivity index (χ1) is 8.32. The Morgan fingerprint density at radius 1 is 1.39 bits per heavy atom. The van der Waals surface area contributed by atoms with Gasteiger partial charge in [-0.25, -0.2) is 0 Å². The molecule has 8 heteroatoms. The summed E-state index contributed by atoms with van der Waals surface area (Å²) in [6.45, 7) is 0.501. The van der Waals surface area contributed by atoms with Crippen molar-refractivity contribution in [2.24, 2.45) is 0 Å². The molecule has 1 rings (SSSR count). The Morgan fingerprint density at radius 2 is 2.00 bits per heavy atom. The summed E-state index contributed by atoms with van der Waals surface area (Å²) >= 11 is 0. The van der Waals surface area contributed by atoms with Gasteiger partial charge in [-0.1, -0.05) is 0 Å². The summed E-state index contributed by atoms with van der Waals surface area (Å²) in [5.74, 6) is -3.14. The van der Waals surface area contributed by atoms with Crippen LogP contribution < -0.4 is 0 Å². The van der Waals surface area contributed by atoms with Gasteiger partial charge in [-0.15, -0.1) is 0 Å². The quantitative estimate of drug-likeness (QED) is 0.267. The van der Waals surface area contributed by atoms with Crippen LogP contribution in [0.1, 0.15) is 17.3 Å². The van der Waals surface area contributed by atoms with Gasteiger partial charge in [0.15, 0.2) is 12.4 Å². The van der Waals surface area contributed by atoms with Crippen molar-refractivity contribution in [3.05, 3.63) is 27.8 Å². The van der Waals surface area contributed by atoms with E-state index in [1.165, 1.54) is 0 Å². The molecule has 1 aromatic rings. The predicted molar refractivity (Wildman–Crippen MR) is 57.4 cm³/mol. The van der Waals surface area contributed by atoms with Gasteiger partial charge in [0.25, 0.3) is 0 Å². The van der Waals surface area contributed by atoms with Gasteiger partial charge in [0.2, 0.25) is 11.5 Å². The van der Waals surface area contributed by atoms with Crippen LogP contribution in [0.5, 0.6) is 11.5 Å². The number of esters is 1. The van der Waals surface area contributed by atoms with Crippen molar-refractivity contribution < 1.29 is 29.5 Å². The molecule has 0 saturated heterocycles. The van der Waals surface area contributed by atoms with Gasteiger partial charge in [0, 0.05) is 18.6 Å². The first kappa shape index (κ1) is 13.4. The highest BCUT2D eigenvalue weighted by Gasteiger charge is 2.21. The third-order valence-corrected chi connectivity index (χ3v) is 1.99. The number of rotatable bonds is 4. The molecule has 0 heterocycles. The van der Waals surface area contributed by atoms with Gasteiger partial charge in [0.05, 0.1) is 4.92 Å². The number of phenolic OH excluding ortho intramolecular Hbond substituents is 2. The molecule has 0 aliphatic heterocycles. The van der Waals surface area contributed by atoms with Crippen LogP contribution in [0.15, 0.2) is 12.1 Å². The Kier molecular flexibility index (Phi) is 3.82. The fourth-order valence-electron chi connectivity index (χ4n) is 1.15. The third kappa shape index (κ3) is 2.94. The van der Waals surface area contributed by atoms with Crippen LogP contribution in [0.3, 0.4) is 0 Å². The smallest absolute Gasteiger partial charge is 0.315 e. The molecule has 0 saturated carbocycles. The number of carbonyl (C=O) groups is 2. The Bertz CT molecular complexity index is 523. The second kappa shape index (κ2) is 5.13. The van der Waals surface area contributed by atoms with Crippen LogP contribution in [0.2, 0.25) is 0 Å². The van der Waals surface area contributed by atoms with Crippen molar-refractivity contribution in [2.45, 2.75) is 6.92 Å². The largest absolute Gasteiger partial charge is 0.504 e. The van der Waals surface area contributed by atoms with E-state index in [-0.39, 0.29) is 5.56 Å². The van der Waals surface area contributed by atoms with Gasteiger partial charge < -0.3 is 14.9 Å². The van der Waals surface area contributed by atoms with Gasteiger partial charge in [0.1, 0.15) is 0 Å². The molecule has 1 aromatic carbocycles. The minimum Gasteiger partial charge on any atom is -0.504 e. The zero-order valence-corrected chi connectivity index (χ0v) is 9.24. The minimum absolute atomic E-state index is 0.238. The van der Waals surface area contributed by atoms with Crippen LogP contribution in [0.4, 0.5) is 5.69 Å². The highest BCUT2D eigenvalue weighted by atomic mass is 16.6. The number of nitrogens with zero attached hydrogens (tertiary/aromatic N) is 1. The molecule has 0 aromatic heterocycles. The van der Waals surface area contributed by atoms with Crippen molar-refractivity contribution in [1.29, 1.82) is 0 Å². The Hall–Kier alpha value is -2.64. The average Bonchev–Trinajstić information content (AvgIpc) is 2.28. The summed E-state index contributed by atoms with van der Waals surface area (Å²) in [6, 6.07) is 1.65. The molecule has 0 bridgehead atoms. The number of hydrogen-bond donors (Lipinski definition) is 2. The van der Waals surface area contributed by atoms with E-state index in [0.717, 1.165) is 19.1 Å². The van der Waals surface area contributed by atoms with E-state index in [4.69, 9.17) is 0 Å². The molecule has 8 nitrogen and oxygen atoms in total. The molecule has 18 heavy (non-hydrogen) atoms. The number of nitro benzene ring substituents is 1. The lowest BCUT2D eigenvalue weighted by Crippen LogP contribution is -2.12. The molecule has 96 valence electrons. The monoisotopic (exact) mass is 255 g/mol. The van der Waals surface area contributed by atoms with Crippen LogP contribution in [-0.2, 0) is 9.53 Å². The highest BCUT2D eigenvalue weighted by Crippen LogP contribution is 2.36. The van der Waals surface area contributed by atoms with Crippen molar-refractivity contribution >= 4 is 17.4 Å². The zero-order valence-electron chi connectivity index (χ0n) is 9.24. The van der Waals surface area contributed by atoms with E-state index < -0.39 is 40.5 Å². The van der Waals surface area contributed by atoms with E-state index in [0.29, 0.717) is 0 Å². The van der Waals surface area contributed by atoms with E-state index in [9.17, 15) is 29.9 Å². The number of hydrogen-bond acceptors (Lipinski definition) is 7. The van der Waals surface area contributed by atoms with Crippen molar-refractivity contribution in [3.63, 3.8) is 0 Å². The zero-order chi connectivity index (χ0) is 13.9. The second-order valence-electron chi connectivity index (χ2n) is 3.32. The number of benzene rings is 1. The molecule has 0 radical (unpaired) electrons. The topological polar surface area (TPSA) is 127 Å². The number of Topliss-reactive ketones (excluding diaryl/α,β-unsaturated/α-hetero) is 1. The van der Waals surface area contributed by atoms with E-state index in [1.54, 1.807) is 0 Å². The standard InChI is InChI=1S/C10H9NO7/c1-5(12)18-4-9(14)6-2-7(11(16)17)10(15)8(13)3-6/h2-3,13,15H,4H2,1H3. The molecule has 2 N–H and O–H groups in total. The van der Waals surface area contributed by atoms with Gasteiger partial charge in [-0.05, 0) is 6.07 Å². The lowest BCUT2D eigenvalue weighted by Gasteiger charge is -2.04. The second-order valence-corrected chi connectivity index (χ2v) is 3.32. The third-order valence-electron chi connectivity index (χ3n) is 1.99. The van der Waals surface area contributed by atoms with Crippen LogP contribution in [0.25, 0.3) is 0 Å². The summed E-state index contributed by atoms with van der Waals surface area (Å²) < 4.78 is 4.43. The van der Waals surface area contributed by atoms with Gasteiger partial charge >= 0.3 is 11.7 Å². The summed E-state index contributed by atoms with van der Waals surface area (Å²) in [5, 5.41) is 29.0. The van der Waals surface area contributed by atoms with E-state index in [1.807, 2.05) is 0 Å². The number of ether oxygens (including phenoxy) is 1. The molecule has 0 aliphatic rings. The van der Waals surface area contributed by atoms with Gasteiger partial charge in [-0.2, -0.15) is 0 Å². The highest BCUT2D eigenvalue weighted by molar-refractivity contribution is 5.99. The number of ketones is 1. The van der Waals surface area contributed by atoms with Crippen molar-refractivity contribution in [2.75, 3.05) is 6.61 Å².